The summed E-state index contributed by atoms with van der Waals surface area (Å²) in [6.07, 6.45) is 0.595. The van der Waals surface area contributed by atoms with Gasteiger partial charge in [0.05, 0.1) is 6.04 Å². The molecule has 1 heterocycles. The molecule has 4 nitrogen and oxygen atoms in total. The van der Waals surface area contributed by atoms with Gasteiger partial charge in [0, 0.05) is 31.9 Å². The van der Waals surface area contributed by atoms with Gasteiger partial charge in [-0.05, 0) is 36.6 Å². The Morgan fingerprint density at radius 3 is 2.42 bits per heavy atom. The van der Waals surface area contributed by atoms with E-state index in [0.29, 0.717) is 6.42 Å². The summed E-state index contributed by atoms with van der Waals surface area (Å²) in [5.41, 5.74) is 9.74. The van der Waals surface area contributed by atoms with Gasteiger partial charge in [-0.15, -0.1) is 0 Å². The highest BCUT2D eigenvalue weighted by Crippen LogP contribution is 2.18. The third-order valence-electron chi connectivity index (χ3n) is 4.57. The van der Waals surface area contributed by atoms with Crippen molar-refractivity contribution >= 4 is 11.6 Å². The van der Waals surface area contributed by atoms with E-state index in [9.17, 15) is 4.79 Å². The Bertz CT molecular complexity index is 678. The Kier molecular flexibility index (Phi) is 5.16. The molecule has 0 spiro atoms. The summed E-state index contributed by atoms with van der Waals surface area (Å²) in [5, 5.41) is 0. The number of carbonyl (C=O) groups is 1. The molecule has 1 aliphatic heterocycles. The minimum absolute atomic E-state index is 0.0581. The maximum absolute atomic E-state index is 12.6. The van der Waals surface area contributed by atoms with Crippen LogP contribution in [0.2, 0.25) is 0 Å². The van der Waals surface area contributed by atoms with Crippen molar-refractivity contribution in [3.8, 4) is 0 Å². The van der Waals surface area contributed by atoms with Crippen LogP contribution in [-0.4, -0.2) is 43.0 Å². The molecule has 2 aromatic carbocycles. The topological polar surface area (TPSA) is 49.6 Å². The van der Waals surface area contributed by atoms with Crippen molar-refractivity contribution in [2.24, 2.45) is 5.73 Å². The van der Waals surface area contributed by atoms with Gasteiger partial charge >= 0.3 is 0 Å². The lowest BCUT2D eigenvalue weighted by Gasteiger charge is -2.37. The summed E-state index contributed by atoms with van der Waals surface area (Å²) in [6, 6.07) is 18.0. The average molecular weight is 323 g/mol. The Labute approximate surface area is 143 Å². The lowest BCUT2D eigenvalue weighted by molar-refractivity contribution is -0.132. The number of benzene rings is 2. The van der Waals surface area contributed by atoms with Crippen LogP contribution in [0, 0.1) is 6.92 Å². The minimum Gasteiger partial charge on any atom is -0.368 e. The molecule has 0 saturated carbocycles. The molecule has 0 aliphatic carbocycles. The molecule has 1 atom stereocenters. The molecule has 0 bridgehead atoms. The van der Waals surface area contributed by atoms with Crippen molar-refractivity contribution in [1.82, 2.24) is 4.90 Å². The van der Waals surface area contributed by atoms with Gasteiger partial charge in [0.25, 0.3) is 0 Å². The van der Waals surface area contributed by atoms with Gasteiger partial charge in [0.15, 0.2) is 0 Å². The number of anilines is 1. The number of carbonyl (C=O) groups excluding carboxylic acids is 1. The standard InChI is InChI=1S/C20H25N3O/c1-16-6-5-9-18(14-16)22-10-12-23(13-11-22)20(24)19(21)15-17-7-3-2-4-8-17/h2-9,14,19H,10-13,15,21H2,1H3/t19-/m0/s1. The maximum atomic E-state index is 12.6. The Morgan fingerprint density at radius 1 is 1.04 bits per heavy atom. The SMILES string of the molecule is Cc1cccc(N2CCN(C(=O)[C@@H](N)Cc3ccccc3)CC2)c1. The van der Waals surface area contributed by atoms with Crippen LogP contribution in [0.25, 0.3) is 0 Å². The molecule has 3 rings (SSSR count). The molecule has 0 unspecified atom stereocenters. The third-order valence-corrected chi connectivity index (χ3v) is 4.57. The van der Waals surface area contributed by atoms with Gasteiger partial charge in [-0.3, -0.25) is 4.79 Å². The van der Waals surface area contributed by atoms with Crippen molar-refractivity contribution in [2.75, 3.05) is 31.1 Å². The van der Waals surface area contributed by atoms with E-state index in [0.717, 1.165) is 31.7 Å². The zero-order valence-corrected chi connectivity index (χ0v) is 14.2. The van der Waals surface area contributed by atoms with Crippen molar-refractivity contribution in [1.29, 1.82) is 0 Å². The first kappa shape index (κ1) is 16.5. The molecule has 1 saturated heterocycles. The summed E-state index contributed by atoms with van der Waals surface area (Å²) in [5.74, 6) is 0.0581. The van der Waals surface area contributed by atoms with E-state index >= 15 is 0 Å². The summed E-state index contributed by atoms with van der Waals surface area (Å²) < 4.78 is 0. The predicted octanol–water partition coefficient (Wildman–Crippen LogP) is 2.21. The first-order chi connectivity index (χ1) is 11.6. The molecule has 126 valence electrons. The zero-order valence-electron chi connectivity index (χ0n) is 14.2. The molecule has 2 aromatic rings. The second kappa shape index (κ2) is 7.49. The fourth-order valence-corrected chi connectivity index (χ4v) is 3.20. The molecular weight excluding hydrogens is 298 g/mol. The smallest absolute Gasteiger partial charge is 0.239 e. The quantitative estimate of drug-likeness (QED) is 0.938. The van der Waals surface area contributed by atoms with Gasteiger partial charge in [-0.25, -0.2) is 0 Å². The van der Waals surface area contributed by atoms with Gasteiger partial charge in [-0.2, -0.15) is 0 Å². The number of rotatable bonds is 4. The highest BCUT2D eigenvalue weighted by molar-refractivity contribution is 5.82. The van der Waals surface area contributed by atoms with Gasteiger partial charge < -0.3 is 15.5 Å². The van der Waals surface area contributed by atoms with Crippen LogP contribution >= 0.6 is 0 Å². The van der Waals surface area contributed by atoms with Crippen LogP contribution in [0.4, 0.5) is 5.69 Å². The molecule has 2 N–H and O–H groups in total. The van der Waals surface area contributed by atoms with E-state index in [1.54, 1.807) is 0 Å². The highest BCUT2D eigenvalue weighted by Gasteiger charge is 2.25. The number of hydrogen-bond acceptors (Lipinski definition) is 3. The first-order valence-corrected chi connectivity index (χ1v) is 8.53. The number of nitrogens with two attached hydrogens (primary N) is 1. The van der Waals surface area contributed by atoms with Crippen LogP contribution in [-0.2, 0) is 11.2 Å². The Morgan fingerprint density at radius 2 is 1.75 bits per heavy atom. The molecule has 1 fully saturated rings. The number of amides is 1. The number of piperazine rings is 1. The lowest BCUT2D eigenvalue weighted by Crippen LogP contribution is -2.53. The summed E-state index contributed by atoms with van der Waals surface area (Å²) >= 11 is 0. The Balaban J connectivity index is 1.55. The van der Waals surface area contributed by atoms with Gasteiger partial charge in [0.2, 0.25) is 5.91 Å². The van der Waals surface area contributed by atoms with Crippen LogP contribution in [0.3, 0.4) is 0 Å². The largest absolute Gasteiger partial charge is 0.368 e. The molecule has 1 aliphatic rings. The van der Waals surface area contributed by atoms with Crippen LogP contribution in [0.15, 0.2) is 54.6 Å². The minimum atomic E-state index is -0.460. The van der Waals surface area contributed by atoms with Crippen LogP contribution < -0.4 is 10.6 Å². The third kappa shape index (κ3) is 3.95. The van der Waals surface area contributed by atoms with Crippen molar-refractivity contribution in [3.63, 3.8) is 0 Å². The number of aryl methyl sites for hydroxylation is 1. The molecule has 1 amide bonds. The van der Waals surface area contributed by atoms with E-state index in [1.807, 2.05) is 35.2 Å². The lowest BCUT2D eigenvalue weighted by atomic mass is 10.1. The monoisotopic (exact) mass is 323 g/mol. The van der Waals surface area contributed by atoms with Crippen molar-refractivity contribution in [2.45, 2.75) is 19.4 Å². The second-order valence-electron chi connectivity index (χ2n) is 6.45. The zero-order chi connectivity index (χ0) is 16.9. The second-order valence-corrected chi connectivity index (χ2v) is 6.45. The fourth-order valence-electron chi connectivity index (χ4n) is 3.20. The number of hydrogen-bond donors (Lipinski definition) is 1. The predicted molar refractivity (Wildman–Crippen MR) is 98.1 cm³/mol. The van der Waals surface area contributed by atoms with Gasteiger partial charge in [-0.1, -0.05) is 42.5 Å². The first-order valence-electron chi connectivity index (χ1n) is 8.53. The number of nitrogens with zero attached hydrogens (tertiary/aromatic N) is 2. The summed E-state index contributed by atoms with van der Waals surface area (Å²) in [7, 11) is 0. The van der Waals surface area contributed by atoms with Crippen molar-refractivity contribution in [3.05, 3.63) is 65.7 Å². The Hall–Kier alpha value is -2.33. The summed E-state index contributed by atoms with van der Waals surface area (Å²) in [6.45, 7) is 5.27. The van der Waals surface area contributed by atoms with Gasteiger partial charge in [0.1, 0.15) is 0 Å². The average Bonchev–Trinajstić information content (AvgIpc) is 2.62. The molecule has 0 aromatic heterocycles. The molecule has 24 heavy (non-hydrogen) atoms. The summed E-state index contributed by atoms with van der Waals surface area (Å²) in [4.78, 5) is 16.8. The molecular formula is C20H25N3O. The van der Waals surface area contributed by atoms with E-state index in [4.69, 9.17) is 5.73 Å². The fraction of sp³-hybridized carbons (Fsp3) is 0.350. The molecule has 0 radical (unpaired) electrons. The molecule has 4 heteroatoms. The van der Waals surface area contributed by atoms with E-state index in [-0.39, 0.29) is 5.91 Å². The normalized spacial score (nSPS) is 16.1. The van der Waals surface area contributed by atoms with Crippen molar-refractivity contribution < 1.29 is 4.79 Å². The van der Waals surface area contributed by atoms with E-state index in [1.165, 1.54) is 11.3 Å². The maximum Gasteiger partial charge on any atom is 0.239 e. The van der Waals surface area contributed by atoms with E-state index in [2.05, 4.69) is 36.1 Å². The van der Waals surface area contributed by atoms with Crippen LogP contribution in [0.5, 0.6) is 0 Å². The van der Waals surface area contributed by atoms with Crippen LogP contribution in [0.1, 0.15) is 11.1 Å². The highest BCUT2D eigenvalue weighted by atomic mass is 16.2. The van der Waals surface area contributed by atoms with E-state index < -0.39 is 6.04 Å².